The van der Waals surface area contributed by atoms with Crippen molar-refractivity contribution in [3.8, 4) is 11.1 Å². The van der Waals surface area contributed by atoms with Crippen LogP contribution in [-0.4, -0.2) is 24.0 Å². The van der Waals surface area contributed by atoms with E-state index >= 15 is 0 Å². The molecule has 2 N–H and O–H groups in total. The maximum atomic E-state index is 12.7. The molecule has 2 aromatic rings. The van der Waals surface area contributed by atoms with Gasteiger partial charge in [0.05, 0.1) is 0 Å². The molecule has 2 aromatic carbocycles. The molecule has 0 aliphatic heterocycles. The Morgan fingerprint density at radius 3 is 2.33 bits per heavy atom. The second kappa shape index (κ2) is 8.47. The van der Waals surface area contributed by atoms with Gasteiger partial charge in [-0.2, -0.15) is 0 Å². The molecular weight excluding hydrogens is 273 g/mol. The van der Waals surface area contributed by atoms with E-state index in [4.69, 9.17) is 5.11 Å². The molecule has 0 fully saturated rings. The number of benzene rings is 2. The summed E-state index contributed by atoms with van der Waals surface area (Å²) in [4.78, 5) is 18.9. The van der Waals surface area contributed by atoms with Gasteiger partial charge in [-0.3, -0.25) is 9.59 Å². The highest BCUT2D eigenvalue weighted by atomic mass is 19.1. The van der Waals surface area contributed by atoms with E-state index in [9.17, 15) is 14.0 Å². The van der Waals surface area contributed by atoms with Crippen LogP contribution in [0, 0.1) is 12.7 Å². The van der Waals surface area contributed by atoms with Gasteiger partial charge in [0.15, 0.2) is 0 Å². The average molecular weight is 289 g/mol. The molecule has 0 spiro atoms. The lowest BCUT2D eigenvalue weighted by molar-refractivity contribution is -0.136. The van der Waals surface area contributed by atoms with Crippen molar-refractivity contribution < 1.29 is 19.1 Å². The van der Waals surface area contributed by atoms with E-state index in [-0.39, 0.29) is 12.4 Å². The minimum atomic E-state index is -1.04. The van der Waals surface area contributed by atoms with Gasteiger partial charge >= 0.3 is 5.97 Å². The maximum Gasteiger partial charge on any atom is 0.322 e. The lowest BCUT2D eigenvalue weighted by Crippen LogP contribution is -2.20. The topological polar surface area (TPSA) is 66.4 Å². The number of aliphatic carboxylic acids is 1. The predicted molar refractivity (Wildman–Crippen MR) is 78.3 cm³/mol. The van der Waals surface area contributed by atoms with Crippen molar-refractivity contribution in [2.75, 3.05) is 6.54 Å². The van der Waals surface area contributed by atoms with Gasteiger partial charge in [0, 0.05) is 0 Å². The van der Waals surface area contributed by atoms with E-state index in [0.29, 0.717) is 6.41 Å². The Bertz CT molecular complexity index is 597. The summed E-state index contributed by atoms with van der Waals surface area (Å²) in [5.41, 5.74) is 3.40. The molecule has 21 heavy (non-hydrogen) atoms. The van der Waals surface area contributed by atoms with Crippen molar-refractivity contribution in [2.45, 2.75) is 6.92 Å². The second-order valence-corrected chi connectivity index (χ2v) is 4.27. The summed E-state index contributed by atoms with van der Waals surface area (Å²) in [5, 5.41) is 9.79. The van der Waals surface area contributed by atoms with E-state index in [1.54, 1.807) is 12.1 Å². The SMILES string of the molecule is Cc1cccc(-c2ccc(F)cc2)c1.O=CNCC(=O)O. The molecule has 0 aromatic heterocycles. The Morgan fingerprint density at radius 2 is 1.86 bits per heavy atom. The van der Waals surface area contributed by atoms with Crippen molar-refractivity contribution in [3.63, 3.8) is 0 Å². The first-order chi connectivity index (χ1) is 10.0. The van der Waals surface area contributed by atoms with Crippen LogP contribution in [-0.2, 0) is 9.59 Å². The number of hydrogen-bond donors (Lipinski definition) is 2. The molecule has 0 unspecified atom stereocenters. The highest BCUT2D eigenvalue weighted by Crippen LogP contribution is 2.20. The Hall–Kier alpha value is -2.69. The van der Waals surface area contributed by atoms with E-state index < -0.39 is 5.97 Å². The quantitative estimate of drug-likeness (QED) is 0.850. The van der Waals surface area contributed by atoms with Crippen molar-refractivity contribution in [1.82, 2.24) is 5.32 Å². The van der Waals surface area contributed by atoms with Crippen molar-refractivity contribution in [3.05, 3.63) is 59.9 Å². The first kappa shape index (κ1) is 16.4. The van der Waals surface area contributed by atoms with Crippen molar-refractivity contribution >= 4 is 12.4 Å². The third-order valence-corrected chi connectivity index (χ3v) is 2.53. The number of amides is 1. The number of carbonyl (C=O) groups is 2. The number of carbonyl (C=O) groups excluding carboxylic acids is 1. The van der Waals surface area contributed by atoms with Crippen LogP contribution in [0.2, 0.25) is 0 Å². The largest absolute Gasteiger partial charge is 0.480 e. The molecule has 5 heteroatoms. The standard InChI is InChI=1S/C13H11F.C3H5NO3/c1-10-3-2-4-12(9-10)11-5-7-13(14)8-6-11;5-2-4-1-3(6)7/h2-9H,1H3;2H,1H2,(H,4,5)(H,6,7). The van der Waals surface area contributed by atoms with Crippen LogP contribution in [0.25, 0.3) is 11.1 Å². The summed E-state index contributed by atoms with van der Waals surface area (Å²) in [6.07, 6.45) is 0.341. The second-order valence-electron chi connectivity index (χ2n) is 4.27. The zero-order valence-electron chi connectivity index (χ0n) is 11.5. The number of carboxylic acid groups (broad SMARTS) is 1. The summed E-state index contributed by atoms with van der Waals surface area (Å²) < 4.78 is 12.7. The zero-order chi connectivity index (χ0) is 15.7. The van der Waals surface area contributed by atoms with Gasteiger partial charge in [-0.1, -0.05) is 42.0 Å². The van der Waals surface area contributed by atoms with Crippen LogP contribution in [0.1, 0.15) is 5.56 Å². The molecular formula is C16H16FNO3. The summed E-state index contributed by atoms with van der Waals surface area (Å²) in [6, 6.07) is 14.7. The fourth-order valence-electron chi connectivity index (χ4n) is 1.60. The number of rotatable bonds is 4. The van der Waals surface area contributed by atoms with Crippen LogP contribution in [0.5, 0.6) is 0 Å². The number of nitrogens with one attached hydrogen (secondary N) is 1. The minimum absolute atomic E-state index is 0.193. The molecule has 2 rings (SSSR count). The average Bonchev–Trinajstić information content (AvgIpc) is 2.46. The normalized spacial score (nSPS) is 9.24. The van der Waals surface area contributed by atoms with Gasteiger partial charge in [-0.05, 0) is 30.2 Å². The summed E-state index contributed by atoms with van der Waals surface area (Å²) >= 11 is 0. The summed E-state index contributed by atoms with van der Waals surface area (Å²) in [6.45, 7) is 1.75. The third-order valence-electron chi connectivity index (χ3n) is 2.53. The molecule has 1 amide bonds. The molecule has 4 nitrogen and oxygen atoms in total. The molecule has 0 radical (unpaired) electrons. The first-order valence-corrected chi connectivity index (χ1v) is 6.24. The lowest BCUT2D eigenvalue weighted by Gasteiger charge is -2.02. The number of hydrogen-bond acceptors (Lipinski definition) is 2. The van der Waals surface area contributed by atoms with Crippen LogP contribution in [0.4, 0.5) is 4.39 Å². The van der Waals surface area contributed by atoms with Gasteiger partial charge in [0.25, 0.3) is 0 Å². The van der Waals surface area contributed by atoms with Gasteiger partial charge in [0.1, 0.15) is 12.4 Å². The van der Waals surface area contributed by atoms with Gasteiger partial charge < -0.3 is 10.4 Å². The summed E-state index contributed by atoms with van der Waals surface area (Å²) in [5.74, 6) is -1.23. The van der Waals surface area contributed by atoms with Gasteiger partial charge in [-0.25, -0.2) is 4.39 Å². The first-order valence-electron chi connectivity index (χ1n) is 6.24. The highest BCUT2D eigenvalue weighted by Gasteiger charge is 1.97. The number of aryl methyl sites for hydroxylation is 1. The smallest absolute Gasteiger partial charge is 0.322 e. The van der Waals surface area contributed by atoms with E-state index in [1.165, 1.54) is 17.7 Å². The van der Waals surface area contributed by atoms with Crippen LogP contribution in [0.15, 0.2) is 48.5 Å². The van der Waals surface area contributed by atoms with E-state index in [0.717, 1.165) is 11.1 Å². The van der Waals surface area contributed by atoms with E-state index in [2.05, 4.69) is 6.07 Å². The van der Waals surface area contributed by atoms with Crippen molar-refractivity contribution in [2.24, 2.45) is 0 Å². The zero-order valence-corrected chi connectivity index (χ0v) is 11.5. The van der Waals surface area contributed by atoms with Gasteiger partial charge in [0.2, 0.25) is 6.41 Å². The molecule has 0 heterocycles. The predicted octanol–water partition coefficient (Wildman–Crippen LogP) is 2.62. The van der Waals surface area contributed by atoms with Gasteiger partial charge in [-0.15, -0.1) is 0 Å². The monoisotopic (exact) mass is 289 g/mol. The maximum absolute atomic E-state index is 12.7. The Kier molecular flexibility index (Phi) is 6.60. The fraction of sp³-hybridized carbons (Fsp3) is 0.125. The van der Waals surface area contributed by atoms with Crippen LogP contribution < -0.4 is 5.32 Å². The van der Waals surface area contributed by atoms with Crippen molar-refractivity contribution in [1.29, 1.82) is 0 Å². The Morgan fingerprint density at radius 1 is 1.19 bits per heavy atom. The molecule has 0 saturated heterocycles. The Balaban J connectivity index is 0.000000270. The number of halogens is 1. The molecule has 0 aliphatic carbocycles. The fourth-order valence-corrected chi connectivity index (χ4v) is 1.60. The highest BCUT2D eigenvalue weighted by molar-refractivity contribution is 5.71. The molecule has 0 saturated carbocycles. The summed E-state index contributed by atoms with van der Waals surface area (Å²) in [7, 11) is 0. The van der Waals surface area contributed by atoms with E-state index in [1.807, 2.05) is 30.4 Å². The molecule has 110 valence electrons. The molecule has 0 atom stereocenters. The van der Waals surface area contributed by atoms with Crippen LogP contribution >= 0.6 is 0 Å². The lowest BCUT2D eigenvalue weighted by atomic mass is 10.0. The molecule has 0 bridgehead atoms. The number of carboxylic acids is 1. The van der Waals surface area contributed by atoms with Crippen LogP contribution in [0.3, 0.4) is 0 Å². The minimum Gasteiger partial charge on any atom is -0.480 e. The molecule has 0 aliphatic rings. The Labute approximate surface area is 122 Å². The third kappa shape index (κ3) is 6.33.